The van der Waals surface area contributed by atoms with Crippen LogP contribution in [0.5, 0.6) is 5.75 Å². The second kappa shape index (κ2) is 6.22. The molecule has 1 unspecified atom stereocenters. The summed E-state index contributed by atoms with van der Waals surface area (Å²) >= 11 is -1.09. The SMILES string of the molecule is COc1cc(C)c([S+](O)Nc2c(C)nn(C)c2C)c(C)c1C. The minimum absolute atomic E-state index is 0.851. The van der Waals surface area contributed by atoms with Gasteiger partial charge in [-0.25, -0.2) is 0 Å². The summed E-state index contributed by atoms with van der Waals surface area (Å²) in [7, 11) is 3.57. The predicted molar refractivity (Wildman–Crippen MR) is 91.8 cm³/mol. The minimum atomic E-state index is -1.09. The van der Waals surface area contributed by atoms with Crippen molar-refractivity contribution in [3.63, 3.8) is 0 Å². The van der Waals surface area contributed by atoms with Crippen LogP contribution in [0.15, 0.2) is 11.0 Å². The molecule has 0 aliphatic rings. The van der Waals surface area contributed by atoms with Gasteiger partial charge in [0.15, 0.2) is 0 Å². The van der Waals surface area contributed by atoms with E-state index in [1.54, 1.807) is 7.11 Å². The van der Waals surface area contributed by atoms with Gasteiger partial charge in [-0.1, -0.05) is 0 Å². The van der Waals surface area contributed by atoms with E-state index in [0.717, 1.165) is 44.4 Å². The second-order valence-corrected chi connectivity index (χ2v) is 6.71. The number of aryl methyl sites for hydroxylation is 3. The number of methoxy groups -OCH3 is 1. The Bertz CT molecular complexity index is 710. The molecule has 6 heteroatoms. The van der Waals surface area contributed by atoms with Crippen LogP contribution < -0.4 is 9.46 Å². The van der Waals surface area contributed by atoms with E-state index in [-0.39, 0.29) is 0 Å². The molecule has 1 aromatic heterocycles. The lowest BCUT2D eigenvalue weighted by molar-refractivity contribution is 0.410. The number of aromatic nitrogens is 2. The molecule has 0 fully saturated rings. The van der Waals surface area contributed by atoms with E-state index >= 15 is 0 Å². The van der Waals surface area contributed by atoms with E-state index < -0.39 is 11.4 Å². The zero-order valence-electron chi connectivity index (χ0n) is 14.2. The molecular weight excluding hydrogens is 298 g/mol. The predicted octanol–water partition coefficient (Wildman–Crippen LogP) is 3.45. The highest BCUT2D eigenvalue weighted by Gasteiger charge is 2.30. The maximum Gasteiger partial charge on any atom is 0.304 e. The lowest BCUT2D eigenvalue weighted by Gasteiger charge is -2.13. The third kappa shape index (κ3) is 2.80. The van der Waals surface area contributed by atoms with Crippen molar-refractivity contribution >= 4 is 17.0 Å². The molecule has 0 aliphatic carbocycles. The van der Waals surface area contributed by atoms with Crippen molar-refractivity contribution in [2.75, 3.05) is 11.8 Å². The van der Waals surface area contributed by atoms with Crippen LogP contribution in [-0.2, 0) is 18.4 Å². The third-order valence-corrected chi connectivity index (χ3v) is 5.51. The molecule has 1 heterocycles. The van der Waals surface area contributed by atoms with Gasteiger partial charge in [0.2, 0.25) is 4.90 Å². The Morgan fingerprint density at radius 3 is 2.32 bits per heavy atom. The number of hydrogen-bond acceptors (Lipinski definition) is 4. The van der Waals surface area contributed by atoms with Gasteiger partial charge in [0.25, 0.3) is 0 Å². The minimum Gasteiger partial charge on any atom is -0.496 e. The molecule has 0 amide bonds. The van der Waals surface area contributed by atoms with Gasteiger partial charge in [0, 0.05) is 18.2 Å². The van der Waals surface area contributed by atoms with Crippen LogP contribution in [0.4, 0.5) is 5.69 Å². The third-order valence-electron chi connectivity index (χ3n) is 4.10. The molecule has 1 aromatic carbocycles. The molecule has 2 N–H and O–H groups in total. The summed E-state index contributed by atoms with van der Waals surface area (Å²) < 4.78 is 21.1. The van der Waals surface area contributed by atoms with Crippen molar-refractivity contribution in [1.82, 2.24) is 9.78 Å². The fourth-order valence-corrected chi connectivity index (χ4v) is 4.00. The van der Waals surface area contributed by atoms with Gasteiger partial charge >= 0.3 is 11.4 Å². The quantitative estimate of drug-likeness (QED) is 0.847. The molecule has 0 saturated heterocycles. The van der Waals surface area contributed by atoms with Crippen LogP contribution in [0.3, 0.4) is 0 Å². The van der Waals surface area contributed by atoms with Crippen LogP contribution in [-0.4, -0.2) is 21.4 Å². The van der Waals surface area contributed by atoms with Crippen LogP contribution in [0.1, 0.15) is 28.1 Å². The normalized spacial score (nSPS) is 12.4. The number of nitrogens with one attached hydrogen (secondary N) is 1. The average Bonchev–Trinajstić information content (AvgIpc) is 2.69. The zero-order valence-corrected chi connectivity index (χ0v) is 15.1. The average molecular weight is 322 g/mol. The molecular formula is C16H24N3O2S+. The highest BCUT2D eigenvalue weighted by atomic mass is 32.2. The second-order valence-electron chi connectivity index (χ2n) is 5.53. The summed E-state index contributed by atoms with van der Waals surface area (Å²) in [5.41, 5.74) is 5.89. The summed E-state index contributed by atoms with van der Waals surface area (Å²) in [6.07, 6.45) is 0. The lowest BCUT2D eigenvalue weighted by Crippen LogP contribution is -2.17. The smallest absolute Gasteiger partial charge is 0.304 e. The molecule has 120 valence electrons. The fraction of sp³-hybridized carbons (Fsp3) is 0.438. The van der Waals surface area contributed by atoms with Gasteiger partial charge in [-0.2, -0.15) is 14.4 Å². The highest BCUT2D eigenvalue weighted by Crippen LogP contribution is 2.32. The van der Waals surface area contributed by atoms with E-state index in [2.05, 4.69) is 9.82 Å². The number of benzene rings is 1. The van der Waals surface area contributed by atoms with Gasteiger partial charge in [0.1, 0.15) is 11.4 Å². The van der Waals surface area contributed by atoms with Gasteiger partial charge in [-0.05, 0) is 46.2 Å². The Morgan fingerprint density at radius 1 is 1.18 bits per heavy atom. The first-order chi connectivity index (χ1) is 10.3. The lowest BCUT2D eigenvalue weighted by atomic mass is 10.1. The number of hydrogen-bond donors (Lipinski definition) is 2. The van der Waals surface area contributed by atoms with Gasteiger partial charge < -0.3 is 4.74 Å². The molecule has 0 aliphatic heterocycles. The Morgan fingerprint density at radius 2 is 1.82 bits per heavy atom. The van der Waals surface area contributed by atoms with Gasteiger partial charge in [-0.3, -0.25) is 4.68 Å². The van der Waals surface area contributed by atoms with E-state index in [1.165, 1.54) is 0 Å². The summed E-state index contributed by atoms with van der Waals surface area (Å²) in [6.45, 7) is 9.94. The number of nitrogens with zero attached hydrogens (tertiary/aromatic N) is 2. The first kappa shape index (κ1) is 16.7. The van der Waals surface area contributed by atoms with Gasteiger partial charge in [-0.15, -0.1) is 0 Å². The van der Waals surface area contributed by atoms with Crippen molar-refractivity contribution in [1.29, 1.82) is 0 Å². The van der Waals surface area contributed by atoms with E-state index in [9.17, 15) is 4.55 Å². The van der Waals surface area contributed by atoms with E-state index in [0.29, 0.717) is 0 Å². The molecule has 5 nitrogen and oxygen atoms in total. The summed E-state index contributed by atoms with van der Waals surface area (Å²) in [4.78, 5) is 0.918. The first-order valence-corrected chi connectivity index (χ1v) is 8.31. The maximum absolute atomic E-state index is 10.7. The molecule has 0 saturated carbocycles. The van der Waals surface area contributed by atoms with E-state index in [1.807, 2.05) is 52.4 Å². The molecule has 1 atom stereocenters. The Labute approximate surface area is 135 Å². The topological polar surface area (TPSA) is 59.3 Å². The first-order valence-electron chi connectivity index (χ1n) is 7.12. The Kier molecular flexibility index (Phi) is 4.72. The molecule has 2 rings (SSSR count). The standard InChI is InChI=1S/C16H24N3O2S/c1-9-8-14(21-7)10(2)11(3)16(9)22(20)18-15-12(4)17-19(6)13(15)5/h8,18,20H,1-7H3/q+1. The Hall–Kier alpha value is -1.66. The van der Waals surface area contributed by atoms with Crippen molar-refractivity contribution in [2.45, 2.75) is 39.5 Å². The van der Waals surface area contributed by atoms with Crippen molar-refractivity contribution < 1.29 is 9.29 Å². The van der Waals surface area contributed by atoms with Crippen LogP contribution in [0, 0.1) is 34.6 Å². The molecule has 22 heavy (non-hydrogen) atoms. The van der Waals surface area contributed by atoms with Crippen LogP contribution in [0.25, 0.3) is 0 Å². The Balaban J connectivity index is 2.42. The van der Waals surface area contributed by atoms with Crippen molar-refractivity contribution in [3.05, 3.63) is 34.1 Å². The van der Waals surface area contributed by atoms with Crippen LogP contribution in [0.2, 0.25) is 0 Å². The monoisotopic (exact) mass is 322 g/mol. The van der Waals surface area contributed by atoms with Crippen molar-refractivity contribution in [3.8, 4) is 5.75 Å². The number of anilines is 1. The highest BCUT2D eigenvalue weighted by molar-refractivity contribution is 7.93. The fourth-order valence-electron chi connectivity index (χ4n) is 2.60. The largest absolute Gasteiger partial charge is 0.496 e. The van der Waals surface area contributed by atoms with Gasteiger partial charge in [0.05, 0.1) is 18.5 Å². The summed E-state index contributed by atoms with van der Waals surface area (Å²) in [5.74, 6) is 0.851. The zero-order chi connectivity index (χ0) is 16.6. The van der Waals surface area contributed by atoms with Crippen LogP contribution >= 0.6 is 0 Å². The number of rotatable bonds is 4. The summed E-state index contributed by atoms with van der Waals surface area (Å²) in [5, 5.41) is 4.37. The molecule has 0 radical (unpaired) electrons. The molecule has 2 aromatic rings. The summed E-state index contributed by atoms with van der Waals surface area (Å²) in [6, 6.07) is 1.97. The van der Waals surface area contributed by atoms with Crippen molar-refractivity contribution in [2.24, 2.45) is 7.05 Å². The molecule has 0 spiro atoms. The number of ether oxygens (including phenoxy) is 1. The maximum atomic E-state index is 10.7. The van der Waals surface area contributed by atoms with E-state index in [4.69, 9.17) is 4.74 Å². The molecule has 0 bridgehead atoms.